The number of carbonyl (C=O) groups is 2. The molecule has 1 amide bonds. The van der Waals surface area contributed by atoms with Crippen LogP contribution in [0.4, 0.5) is 11.4 Å². The van der Waals surface area contributed by atoms with Crippen LogP contribution in [-0.2, 0) is 0 Å². The fourth-order valence-electron chi connectivity index (χ4n) is 3.10. The van der Waals surface area contributed by atoms with Gasteiger partial charge in [-0.15, -0.1) is 0 Å². The van der Waals surface area contributed by atoms with Gasteiger partial charge in [-0.25, -0.2) is 0 Å². The Labute approximate surface area is 147 Å². The van der Waals surface area contributed by atoms with Crippen LogP contribution in [0.3, 0.4) is 0 Å². The highest BCUT2D eigenvalue weighted by Gasteiger charge is 2.17. The minimum atomic E-state index is -0.0741. The second-order valence-corrected chi connectivity index (χ2v) is 6.53. The molecule has 1 heterocycles. The van der Waals surface area contributed by atoms with E-state index in [2.05, 4.69) is 15.6 Å². The van der Waals surface area contributed by atoms with Crippen LogP contribution in [0.25, 0.3) is 0 Å². The van der Waals surface area contributed by atoms with Gasteiger partial charge in [0, 0.05) is 23.5 Å². The van der Waals surface area contributed by atoms with Crippen molar-refractivity contribution in [1.82, 2.24) is 10.3 Å². The fraction of sp³-hybridized carbons (Fsp3) is 0.350. The summed E-state index contributed by atoms with van der Waals surface area (Å²) >= 11 is 0. The number of nitrogens with zero attached hydrogens (tertiary/aromatic N) is 1. The van der Waals surface area contributed by atoms with E-state index in [9.17, 15) is 9.59 Å². The zero-order valence-corrected chi connectivity index (χ0v) is 14.4. The first kappa shape index (κ1) is 17.1. The molecule has 1 aromatic carbocycles. The van der Waals surface area contributed by atoms with Gasteiger partial charge in [0.25, 0.3) is 5.91 Å². The number of aromatic nitrogens is 1. The molecule has 1 saturated carbocycles. The van der Waals surface area contributed by atoms with Crippen molar-refractivity contribution in [3.05, 3.63) is 53.9 Å². The van der Waals surface area contributed by atoms with Crippen LogP contribution in [0.1, 0.15) is 59.7 Å². The first-order chi connectivity index (χ1) is 12.1. The Bertz CT molecular complexity index is 750. The van der Waals surface area contributed by atoms with E-state index in [1.165, 1.54) is 19.3 Å². The van der Waals surface area contributed by atoms with Crippen LogP contribution in [0.5, 0.6) is 0 Å². The highest BCUT2D eigenvalue weighted by atomic mass is 16.1. The standard InChI is InChI=1S/C20H23N3O2/c1-14(24)15-7-9-18(10-8-15)22-19-11-16(12-21-13-19)20(25)23-17-5-3-2-4-6-17/h7-13,17,22H,2-6H2,1H3,(H,23,25). The molecule has 0 aliphatic heterocycles. The van der Waals surface area contributed by atoms with E-state index in [-0.39, 0.29) is 17.7 Å². The van der Waals surface area contributed by atoms with Gasteiger partial charge in [-0.2, -0.15) is 0 Å². The number of amides is 1. The topological polar surface area (TPSA) is 71.1 Å². The van der Waals surface area contributed by atoms with E-state index in [0.717, 1.165) is 24.2 Å². The molecule has 130 valence electrons. The predicted octanol–water partition coefficient (Wildman–Crippen LogP) is 4.09. The Balaban J connectivity index is 1.66. The number of ketones is 1. The van der Waals surface area contributed by atoms with Gasteiger partial charge < -0.3 is 10.6 Å². The molecule has 1 aliphatic rings. The van der Waals surface area contributed by atoms with Crippen molar-refractivity contribution < 1.29 is 9.59 Å². The Morgan fingerprint density at radius 2 is 1.68 bits per heavy atom. The number of anilines is 2. The minimum Gasteiger partial charge on any atom is -0.354 e. The van der Waals surface area contributed by atoms with Crippen LogP contribution in [0.15, 0.2) is 42.7 Å². The highest BCUT2D eigenvalue weighted by Crippen LogP contribution is 2.20. The molecule has 25 heavy (non-hydrogen) atoms. The van der Waals surface area contributed by atoms with Gasteiger partial charge in [0.05, 0.1) is 17.4 Å². The molecular formula is C20H23N3O2. The highest BCUT2D eigenvalue weighted by molar-refractivity contribution is 5.95. The van der Waals surface area contributed by atoms with Crippen LogP contribution in [0.2, 0.25) is 0 Å². The number of benzene rings is 1. The molecule has 3 rings (SSSR count). The molecule has 2 N–H and O–H groups in total. The lowest BCUT2D eigenvalue weighted by Crippen LogP contribution is -2.36. The molecule has 0 atom stereocenters. The molecule has 1 aromatic heterocycles. The van der Waals surface area contributed by atoms with Gasteiger partial charge in [-0.3, -0.25) is 14.6 Å². The van der Waals surface area contributed by atoms with E-state index in [1.54, 1.807) is 37.5 Å². The third kappa shape index (κ3) is 4.66. The van der Waals surface area contributed by atoms with Crippen LogP contribution in [-0.4, -0.2) is 22.7 Å². The molecule has 0 radical (unpaired) electrons. The molecule has 1 aliphatic carbocycles. The zero-order valence-electron chi connectivity index (χ0n) is 14.4. The number of rotatable bonds is 5. The molecule has 0 bridgehead atoms. The monoisotopic (exact) mass is 337 g/mol. The Morgan fingerprint density at radius 3 is 2.36 bits per heavy atom. The van der Waals surface area contributed by atoms with Gasteiger partial charge >= 0.3 is 0 Å². The van der Waals surface area contributed by atoms with Crippen molar-refractivity contribution in [1.29, 1.82) is 0 Å². The lowest BCUT2D eigenvalue weighted by molar-refractivity contribution is 0.0926. The van der Waals surface area contributed by atoms with Crippen molar-refractivity contribution in [2.75, 3.05) is 5.32 Å². The van der Waals surface area contributed by atoms with Crippen molar-refractivity contribution >= 4 is 23.1 Å². The Hall–Kier alpha value is -2.69. The van der Waals surface area contributed by atoms with Crippen molar-refractivity contribution in [2.45, 2.75) is 45.1 Å². The summed E-state index contributed by atoms with van der Waals surface area (Å²) in [5.74, 6) is -0.0374. The average molecular weight is 337 g/mol. The Kier molecular flexibility index (Phi) is 5.43. The summed E-state index contributed by atoms with van der Waals surface area (Å²) < 4.78 is 0. The molecule has 0 spiro atoms. The van der Waals surface area contributed by atoms with E-state index < -0.39 is 0 Å². The number of nitrogens with one attached hydrogen (secondary N) is 2. The summed E-state index contributed by atoms with van der Waals surface area (Å²) in [6, 6.07) is 9.30. The lowest BCUT2D eigenvalue weighted by Gasteiger charge is -2.22. The van der Waals surface area contributed by atoms with Crippen molar-refractivity contribution in [2.24, 2.45) is 0 Å². The van der Waals surface area contributed by atoms with E-state index in [4.69, 9.17) is 0 Å². The number of pyridine rings is 1. The van der Waals surface area contributed by atoms with Gasteiger partial charge in [0.2, 0.25) is 0 Å². The first-order valence-electron chi connectivity index (χ1n) is 8.76. The van der Waals surface area contributed by atoms with E-state index in [0.29, 0.717) is 11.1 Å². The smallest absolute Gasteiger partial charge is 0.253 e. The lowest BCUT2D eigenvalue weighted by atomic mass is 9.95. The first-order valence-corrected chi connectivity index (χ1v) is 8.76. The number of Topliss-reactive ketones (excluding diaryl/α,β-unsaturated/α-hetero) is 1. The second kappa shape index (κ2) is 7.92. The number of hydrogen-bond acceptors (Lipinski definition) is 4. The predicted molar refractivity (Wildman–Crippen MR) is 98.3 cm³/mol. The number of carbonyl (C=O) groups excluding carboxylic acids is 2. The maximum atomic E-state index is 12.4. The third-order valence-corrected chi connectivity index (χ3v) is 4.52. The van der Waals surface area contributed by atoms with Gasteiger partial charge in [0.1, 0.15) is 0 Å². The maximum Gasteiger partial charge on any atom is 0.253 e. The van der Waals surface area contributed by atoms with Gasteiger partial charge in [-0.1, -0.05) is 19.3 Å². The largest absolute Gasteiger partial charge is 0.354 e. The summed E-state index contributed by atoms with van der Waals surface area (Å²) in [6.45, 7) is 1.54. The zero-order chi connectivity index (χ0) is 17.6. The summed E-state index contributed by atoms with van der Waals surface area (Å²) in [5.41, 5.74) is 2.81. The van der Waals surface area contributed by atoms with E-state index >= 15 is 0 Å². The quantitative estimate of drug-likeness (QED) is 0.806. The molecule has 5 nitrogen and oxygen atoms in total. The van der Waals surface area contributed by atoms with Crippen molar-refractivity contribution in [3.63, 3.8) is 0 Å². The second-order valence-electron chi connectivity index (χ2n) is 6.53. The summed E-state index contributed by atoms with van der Waals surface area (Å²) in [6.07, 6.45) is 9.00. The Morgan fingerprint density at radius 1 is 0.960 bits per heavy atom. The molecule has 0 unspecified atom stereocenters. The van der Waals surface area contributed by atoms with Crippen LogP contribution >= 0.6 is 0 Å². The number of hydrogen-bond donors (Lipinski definition) is 2. The summed E-state index contributed by atoms with van der Waals surface area (Å²) in [5, 5.41) is 6.32. The third-order valence-electron chi connectivity index (χ3n) is 4.52. The molecular weight excluding hydrogens is 314 g/mol. The molecule has 2 aromatic rings. The minimum absolute atomic E-state index is 0.0367. The average Bonchev–Trinajstić information content (AvgIpc) is 2.63. The SMILES string of the molecule is CC(=O)c1ccc(Nc2cncc(C(=O)NC3CCCCC3)c2)cc1. The van der Waals surface area contributed by atoms with Crippen LogP contribution < -0.4 is 10.6 Å². The van der Waals surface area contributed by atoms with Crippen LogP contribution in [0, 0.1) is 0 Å². The molecule has 0 saturated heterocycles. The van der Waals surface area contributed by atoms with Gasteiger partial charge in [-0.05, 0) is 50.1 Å². The normalized spacial score (nSPS) is 14.8. The molecule has 5 heteroatoms. The fourth-order valence-corrected chi connectivity index (χ4v) is 3.10. The maximum absolute atomic E-state index is 12.4. The van der Waals surface area contributed by atoms with Crippen molar-refractivity contribution in [3.8, 4) is 0 Å². The molecule has 1 fully saturated rings. The van der Waals surface area contributed by atoms with E-state index in [1.807, 2.05) is 12.1 Å². The summed E-state index contributed by atoms with van der Waals surface area (Å²) in [7, 11) is 0. The summed E-state index contributed by atoms with van der Waals surface area (Å²) in [4.78, 5) is 27.9. The van der Waals surface area contributed by atoms with Gasteiger partial charge in [0.15, 0.2) is 5.78 Å².